The Balaban J connectivity index is 1.49. The zero-order chi connectivity index (χ0) is 19.1. The number of allylic oxidation sites excluding steroid dienone is 6. The van der Waals surface area contributed by atoms with Crippen LogP contribution >= 0.6 is 0 Å². The van der Waals surface area contributed by atoms with E-state index in [1.165, 1.54) is 33.9 Å². The van der Waals surface area contributed by atoms with Crippen LogP contribution in [0.1, 0.15) is 38.8 Å². The standard InChI is InChI=1S/C25H26N2/c1-24(2)18-12-8-10-14-20(18)26-22(24)16-6-5-7-17-23-25(3,4)19-13-9-11-15-21(19)27-23/h5-17,26H,1-4H3/p+1/b6-5+,17-7+,22-16+. The highest BCUT2D eigenvalue weighted by molar-refractivity contribution is 6.02. The molecule has 0 saturated heterocycles. The molecule has 2 heteroatoms. The predicted molar refractivity (Wildman–Crippen MR) is 115 cm³/mol. The monoisotopic (exact) mass is 355 g/mol. The third kappa shape index (κ3) is 2.95. The van der Waals surface area contributed by atoms with E-state index in [0.29, 0.717) is 0 Å². The number of benzene rings is 2. The Hall–Kier alpha value is -2.87. The molecule has 2 aromatic carbocycles. The first-order valence-electron chi connectivity index (χ1n) is 9.57. The lowest BCUT2D eigenvalue weighted by molar-refractivity contribution is -0.349. The molecule has 0 amide bonds. The van der Waals surface area contributed by atoms with Gasteiger partial charge in [-0.2, -0.15) is 0 Å². The second-order valence-electron chi connectivity index (χ2n) is 8.33. The Bertz CT molecular complexity index is 1000. The fourth-order valence-electron chi connectivity index (χ4n) is 4.03. The second-order valence-corrected chi connectivity index (χ2v) is 8.33. The van der Waals surface area contributed by atoms with Crippen molar-refractivity contribution in [1.29, 1.82) is 0 Å². The summed E-state index contributed by atoms with van der Waals surface area (Å²) in [4.78, 5) is 3.55. The minimum Gasteiger partial charge on any atom is -0.358 e. The quantitative estimate of drug-likeness (QED) is 0.777. The number of hydrogen-bond donors (Lipinski definition) is 2. The molecule has 0 fully saturated rings. The van der Waals surface area contributed by atoms with Gasteiger partial charge in [0.15, 0.2) is 5.71 Å². The van der Waals surface area contributed by atoms with Crippen LogP contribution in [0.15, 0.2) is 84.6 Å². The van der Waals surface area contributed by atoms with Crippen molar-refractivity contribution in [3.8, 4) is 0 Å². The van der Waals surface area contributed by atoms with Gasteiger partial charge in [0.2, 0.25) is 5.69 Å². The van der Waals surface area contributed by atoms with Gasteiger partial charge in [0.25, 0.3) is 0 Å². The van der Waals surface area contributed by atoms with E-state index in [9.17, 15) is 0 Å². The van der Waals surface area contributed by atoms with Crippen molar-refractivity contribution in [3.63, 3.8) is 0 Å². The van der Waals surface area contributed by atoms with Crippen molar-refractivity contribution in [3.05, 3.63) is 95.7 Å². The van der Waals surface area contributed by atoms with E-state index in [-0.39, 0.29) is 10.8 Å². The fraction of sp³-hybridized carbons (Fsp3) is 0.240. The number of nitrogens with one attached hydrogen (secondary N) is 2. The summed E-state index contributed by atoms with van der Waals surface area (Å²) < 4.78 is 0. The van der Waals surface area contributed by atoms with Crippen molar-refractivity contribution < 1.29 is 4.99 Å². The van der Waals surface area contributed by atoms with Crippen molar-refractivity contribution in [2.45, 2.75) is 38.5 Å². The molecule has 2 aromatic rings. The Kier molecular flexibility index (Phi) is 4.15. The summed E-state index contributed by atoms with van der Waals surface area (Å²) >= 11 is 0. The summed E-state index contributed by atoms with van der Waals surface area (Å²) in [6.07, 6.45) is 10.7. The first-order chi connectivity index (χ1) is 12.9. The van der Waals surface area contributed by atoms with E-state index in [0.717, 1.165) is 0 Å². The number of para-hydroxylation sites is 2. The van der Waals surface area contributed by atoms with Gasteiger partial charge in [0.05, 0.1) is 5.41 Å². The average molecular weight is 356 g/mol. The predicted octanol–water partition coefficient (Wildman–Crippen LogP) is 4.53. The SMILES string of the molecule is CC1(C)C(/C=C/C=C/C=C2/Nc3ccccc3C2(C)C)=[NH+]c2ccccc21. The van der Waals surface area contributed by atoms with Crippen LogP contribution in [0.5, 0.6) is 0 Å². The smallest absolute Gasteiger partial charge is 0.208 e. The van der Waals surface area contributed by atoms with Crippen LogP contribution in [0.2, 0.25) is 0 Å². The van der Waals surface area contributed by atoms with Gasteiger partial charge >= 0.3 is 0 Å². The van der Waals surface area contributed by atoms with E-state index < -0.39 is 0 Å². The zero-order valence-electron chi connectivity index (χ0n) is 16.5. The molecule has 4 rings (SSSR count). The van der Waals surface area contributed by atoms with Crippen LogP contribution in [0.3, 0.4) is 0 Å². The van der Waals surface area contributed by atoms with Crippen LogP contribution in [0.25, 0.3) is 0 Å². The summed E-state index contributed by atoms with van der Waals surface area (Å²) in [5, 5.41) is 3.55. The highest BCUT2D eigenvalue weighted by Gasteiger charge is 2.39. The first-order valence-corrected chi connectivity index (χ1v) is 9.57. The number of rotatable bonds is 3. The number of hydrogen-bond acceptors (Lipinski definition) is 1. The van der Waals surface area contributed by atoms with Crippen molar-refractivity contribution in [2.24, 2.45) is 0 Å². The summed E-state index contributed by atoms with van der Waals surface area (Å²) in [6, 6.07) is 17.1. The molecular formula is C25H27N2+. The topological polar surface area (TPSA) is 26.0 Å². The highest BCUT2D eigenvalue weighted by atomic mass is 14.9. The van der Waals surface area contributed by atoms with Crippen LogP contribution in [-0.2, 0) is 10.8 Å². The van der Waals surface area contributed by atoms with Gasteiger partial charge in [-0.25, -0.2) is 4.99 Å². The van der Waals surface area contributed by atoms with Gasteiger partial charge in [-0.3, -0.25) is 0 Å². The molecule has 136 valence electrons. The van der Waals surface area contributed by atoms with Gasteiger partial charge < -0.3 is 5.32 Å². The number of anilines is 1. The zero-order valence-corrected chi connectivity index (χ0v) is 16.5. The fourth-order valence-corrected chi connectivity index (χ4v) is 4.03. The molecule has 2 nitrogen and oxygen atoms in total. The molecule has 2 aliphatic rings. The largest absolute Gasteiger partial charge is 0.358 e. The molecule has 0 bridgehead atoms. The maximum Gasteiger partial charge on any atom is 0.208 e. The molecule has 0 unspecified atom stereocenters. The van der Waals surface area contributed by atoms with Crippen LogP contribution < -0.4 is 10.3 Å². The summed E-state index contributed by atoms with van der Waals surface area (Å²) in [7, 11) is 0. The van der Waals surface area contributed by atoms with Crippen LogP contribution in [0, 0.1) is 0 Å². The summed E-state index contributed by atoms with van der Waals surface area (Å²) in [5.74, 6) is 0. The minimum atomic E-state index is 0.00996. The van der Waals surface area contributed by atoms with Crippen molar-refractivity contribution >= 4 is 17.1 Å². The van der Waals surface area contributed by atoms with Gasteiger partial charge in [0, 0.05) is 34.5 Å². The van der Waals surface area contributed by atoms with Crippen molar-refractivity contribution in [1.82, 2.24) is 0 Å². The Labute approximate surface area is 162 Å². The molecule has 2 N–H and O–H groups in total. The Morgan fingerprint density at radius 1 is 0.778 bits per heavy atom. The third-order valence-corrected chi connectivity index (χ3v) is 5.83. The van der Waals surface area contributed by atoms with E-state index in [1.54, 1.807) is 0 Å². The van der Waals surface area contributed by atoms with Gasteiger partial charge in [-0.15, -0.1) is 0 Å². The summed E-state index contributed by atoms with van der Waals surface area (Å²) in [6.45, 7) is 9.05. The molecule has 0 radical (unpaired) electrons. The molecule has 0 saturated carbocycles. The Morgan fingerprint density at radius 3 is 2.22 bits per heavy atom. The molecule has 27 heavy (non-hydrogen) atoms. The first kappa shape index (κ1) is 17.5. The van der Waals surface area contributed by atoms with E-state index in [4.69, 9.17) is 0 Å². The lowest BCUT2D eigenvalue weighted by atomic mass is 9.81. The lowest BCUT2D eigenvalue weighted by Gasteiger charge is -2.19. The normalized spacial score (nSPS) is 20.7. The van der Waals surface area contributed by atoms with E-state index >= 15 is 0 Å². The molecule has 0 spiro atoms. The maximum atomic E-state index is 3.55. The van der Waals surface area contributed by atoms with Gasteiger partial charge in [-0.05, 0) is 31.6 Å². The second kappa shape index (κ2) is 6.38. The van der Waals surface area contributed by atoms with Crippen LogP contribution in [0.4, 0.5) is 11.4 Å². The molecule has 0 aromatic heterocycles. The molecule has 2 heterocycles. The summed E-state index contributed by atoms with van der Waals surface area (Å²) in [5.41, 5.74) is 7.61. The molecule has 0 atom stereocenters. The molecule has 2 aliphatic heterocycles. The average Bonchev–Trinajstić information content (AvgIpc) is 3.06. The highest BCUT2D eigenvalue weighted by Crippen LogP contribution is 2.42. The third-order valence-electron chi connectivity index (χ3n) is 5.83. The lowest BCUT2D eigenvalue weighted by Crippen LogP contribution is -2.65. The Morgan fingerprint density at radius 2 is 1.48 bits per heavy atom. The molecular weight excluding hydrogens is 328 g/mol. The molecule has 0 aliphatic carbocycles. The van der Waals surface area contributed by atoms with Gasteiger partial charge in [0.1, 0.15) is 0 Å². The maximum absolute atomic E-state index is 3.55. The van der Waals surface area contributed by atoms with Crippen molar-refractivity contribution in [2.75, 3.05) is 5.32 Å². The van der Waals surface area contributed by atoms with Crippen LogP contribution in [-0.4, -0.2) is 5.71 Å². The van der Waals surface area contributed by atoms with E-state index in [1.807, 2.05) is 0 Å². The minimum absolute atomic E-state index is 0.00996. The van der Waals surface area contributed by atoms with Gasteiger partial charge in [-0.1, -0.05) is 68.5 Å². The van der Waals surface area contributed by atoms with E-state index in [2.05, 4.69) is 117 Å². The number of fused-ring (bicyclic) bond motifs is 2.